The summed E-state index contributed by atoms with van der Waals surface area (Å²) in [5.41, 5.74) is -1.75. The van der Waals surface area contributed by atoms with Crippen LogP contribution in [0.2, 0.25) is 0 Å². The van der Waals surface area contributed by atoms with E-state index in [0.717, 1.165) is 6.07 Å². The van der Waals surface area contributed by atoms with Crippen molar-refractivity contribution in [3.05, 3.63) is 22.3 Å². The van der Waals surface area contributed by atoms with Gasteiger partial charge in [0.1, 0.15) is 5.82 Å². The number of aliphatic hydroxyl groups is 1. The first-order valence-electron chi connectivity index (χ1n) is 5.89. The summed E-state index contributed by atoms with van der Waals surface area (Å²) >= 11 is 3.00. The normalized spacial score (nSPS) is 24.6. The summed E-state index contributed by atoms with van der Waals surface area (Å²) in [5.74, 6) is -0.115. The van der Waals surface area contributed by atoms with Crippen molar-refractivity contribution in [3.63, 3.8) is 0 Å². The first-order chi connectivity index (χ1) is 8.69. The zero-order chi connectivity index (χ0) is 14.3. The Labute approximate surface area is 117 Å². The second-order valence-corrected chi connectivity index (χ2v) is 5.96. The molecule has 0 bridgehead atoms. The molecule has 3 nitrogen and oxygen atoms in total. The van der Waals surface area contributed by atoms with Gasteiger partial charge in [-0.3, -0.25) is 0 Å². The van der Waals surface area contributed by atoms with Gasteiger partial charge in [0.05, 0.1) is 11.2 Å². The van der Waals surface area contributed by atoms with Crippen LogP contribution in [0.15, 0.2) is 16.7 Å². The maximum atomic E-state index is 13.0. The van der Waals surface area contributed by atoms with Crippen molar-refractivity contribution >= 4 is 21.7 Å². The maximum absolute atomic E-state index is 13.0. The minimum absolute atomic E-state index is 0.115. The number of pyridine rings is 1. The van der Waals surface area contributed by atoms with E-state index < -0.39 is 17.3 Å². The van der Waals surface area contributed by atoms with Crippen molar-refractivity contribution in [2.75, 3.05) is 18.0 Å². The summed E-state index contributed by atoms with van der Waals surface area (Å²) in [7, 11) is 0. The van der Waals surface area contributed by atoms with Crippen molar-refractivity contribution in [3.8, 4) is 0 Å². The van der Waals surface area contributed by atoms with Gasteiger partial charge in [0.15, 0.2) is 0 Å². The molecular formula is C12H14BrF3N2O. The number of piperidine rings is 1. The average Bonchev–Trinajstić information content (AvgIpc) is 2.26. The largest absolute Gasteiger partial charge is 0.419 e. The Morgan fingerprint density at radius 1 is 1.47 bits per heavy atom. The molecule has 1 aliphatic rings. The molecule has 0 aliphatic carbocycles. The Hall–Kier alpha value is -0.820. The van der Waals surface area contributed by atoms with E-state index in [-0.39, 0.29) is 16.8 Å². The molecule has 106 valence electrons. The van der Waals surface area contributed by atoms with Gasteiger partial charge >= 0.3 is 6.18 Å². The monoisotopic (exact) mass is 338 g/mol. The summed E-state index contributed by atoms with van der Waals surface area (Å²) in [6, 6.07) is 1.02. The lowest BCUT2D eigenvalue weighted by Gasteiger charge is -2.38. The summed E-state index contributed by atoms with van der Waals surface area (Å²) in [4.78, 5) is 5.38. The fourth-order valence-electron chi connectivity index (χ4n) is 2.29. The van der Waals surface area contributed by atoms with Gasteiger partial charge in [0, 0.05) is 23.8 Å². The number of rotatable bonds is 1. The molecule has 1 N–H and O–H groups in total. The van der Waals surface area contributed by atoms with E-state index >= 15 is 0 Å². The maximum Gasteiger partial charge on any atom is 0.419 e. The Kier molecular flexibility index (Phi) is 3.79. The number of nitrogens with zero attached hydrogens (tertiary/aromatic N) is 2. The standard InChI is InChI=1S/C12H14BrF3N2O/c1-11(19)3-2-4-18(7-11)10-9(12(14,15)16)5-8(13)6-17-10/h5-6,19H,2-4,7H2,1H3. The highest BCUT2D eigenvalue weighted by atomic mass is 79.9. The Morgan fingerprint density at radius 3 is 2.74 bits per heavy atom. The predicted molar refractivity (Wildman–Crippen MR) is 69.0 cm³/mol. The van der Waals surface area contributed by atoms with Crippen LogP contribution >= 0.6 is 15.9 Å². The first kappa shape index (κ1) is 14.6. The first-order valence-corrected chi connectivity index (χ1v) is 6.68. The summed E-state index contributed by atoms with van der Waals surface area (Å²) < 4.78 is 39.4. The lowest BCUT2D eigenvalue weighted by atomic mass is 9.95. The minimum Gasteiger partial charge on any atom is -0.388 e. The summed E-state index contributed by atoms with van der Waals surface area (Å²) in [6.45, 7) is 2.25. The van der Waals surface area contributed by atoms with Crippen molar-refractivity contribution in [2.24, 2.45) is 0 Å². The van der Waals surface area contributed by atoms with Gasteiger partial charge in [-0.15, -0.1) is 0 Å². The molecular weight excluding hydrogens is 325 g/mol. The number of β-amino-alcohol motifs (C(OH)–C–C–N with tert-alkyl or cyclic N) is 1. The zero-order valence-electron chi connectivity index (χ0n) is 10.3. The third-order valence-corrected chi connectivity index (χ3v) is 3.55. The fourth-order valence-corrected chi connectivity index (χ4v) is 2.62. The highest BCUT2D eigenvalue weighted by molar-refractivity contribution is 9.10. The lowest BCUT2D eigenvalue weighted by molar-refractivity contribution is -0.137. The molecule has 1 aliphatic heterocycles. The molecule has 1 aromatic rings. The second kappa shape index (κ2) is 4.94. The van der Waals surface area contributed by atoms with Gasteiger partial charge in [-0.2, -0.15) is 13.2 Å². The molecule has 0 radical (unpaired) electrons. The van der Waals surface area contributed by atoms with Gasteiger partial charge < -0.3 is 10.0 Å². The van der Waals surface area contributed by atoms with E-state index in [4.69, 9.17) is 0 Å². The van der Waals surface area contributed by atoms with Gasteiger partial charge in [-0.1, -0.05) is 0 Å². The molecule has 2 rings (SSSR count). The van der Waals surface area contributed by atoms with Crippen LogP contribution in [0.25, 0.3) is 0 Å². The summed E-state index contributed by atoms with van der Waals surface area (Å²) in [5, 5.41) is 9.99. The van der Waals surface area contributed by atoms with E-state index in [2.05, 4.69) is 20.9 Å². The average molecular weight is 339 g/mol. The van der Waals surface area contributed by atoms with Crippen LogP contribution in [0.5, 0.6) is 0 Å². The van der Waals surface area contributed by atoms with Crippen LogP contribution in [0.1, 0.15) is 25.3 Å². The Bertz CT molecular complexity index is 477. The van der Waals surface area contributed by atoms with Crippen LogP contribution in [0.4, 0.5) is 19.0 Å². The van der Waals surface area contributed by atoms with Crippen LogP contribution in [0, 0.1) is 0 Å². The number of anilines is 1. The molecule has 1 unspecified atom stereocenters. The number of aromatic nitrogens is 1. The molecule has 7 heteroatoms. The van der Waals surface area contributed by atoms with E-state index in [0.29, 0.717) is 19.4 Å². The van der Waals surface area contributed by atoms with Crippen molar-refractivity contribution in [1.29, 1.82) is 0 Å². The lowest BCUT2D eigenvalue weighted by Crippen LogP contribution is -2.47. The van der Waals surface area contributed by atoms with Gasteiger partial charge in [-0.25, -0.2) is 4.98 Å². The van der Waals surface area contributed by atoms with Gasteiger partial charge in [-0.05, 0) is 41.8 Å². The molecule has 19 heavy (non-hydrogen) atoms. The van der Waals surface area contributed by atoms with Crippen molar-refractivity contribution in [1.82, 2.24) is 4.98 Å². The second-order valence-electron chi connectivity index (χ2n) is 5.04. The van der Waals surface area contributed by atoms with Crippen molar-refractivity contribution in [2.45, 2.75) is 31.5 Å². The topological polar surface area (TPSA) is 36.4 Å². The van der Waals surface area contributed by atoms with E-state index in [9.17, 15) is 18.3 Å². The highest BCUT2D eigenvalue weighted by Gasteiger charge is 2.38. The highest BCUT2D eigenvalue weighted by Crippen LogP contribution is 2.38. The smallest absolute Gasteiger partial charge is 0.388 e. The van der Waals surface area contributed by atoms with Crippen LogP contribution in [-0.4, -0.2) is 28.8 Å². The van der Waals surface area contributed by atoms with E-state index in [1.165, 1.54) is 11.1 Å². The van der Waals surface area contributed by atoms with E-state index in [1.807, 2.05) is 0 Å². The van der Waals surface area contributed by atoms with Crippen molar-refractivity contribution < 1.29 is 18.3 Å². The number of halogens is 4. The van der Waals surface area contributed by atoms with Crippen LogP contribution < -0.4 is 4.90 Å². The zero-order valence-corrected chi connectivity index (χ0v) is 11.9. The molecule has 0 amide bonds. The van der Waals surface area contributed by atoms with Gasteiger partial charge in [0.2, 0.25) is 0 Å². The molecule has 0 aromatic carbocycles. The molecule has 1 fully saturated rings. The minimum atomic E-state index is -4.46. The third kappa shape index (κ3) is 3.39. The quantitative estimate of drug-likeness (QED) is 0.854. The predicted octanol–water partition coefficient (Wildman–Crippen LogP) is 3.21. The van der Waals surface area contributed by atoms with Gasteiger partial charge in [0.25, 0.3) is 0 Å². The Balaban J connectivity index is 2.39. The molecule has 1 aromatic heterocycles. The molecule has 0 spiro atoms. The fraction of sp³-hybridized carbons (Fsp3) is 0.583. The molecule has 1 saturated heterocycles. The molecule has 0 saturated carbocycles. The molecule has 2 heterocycles. The van der Waals surface area contributed by atoms with Crippen LogP contribution in [0.3, 0.4) is 0 Å². The SMILES string of the molecule is CC1(O)CCCN(c2ncc(Br)cc2C(F)(F)F)C1. The Morgan fingerprint density at radius 2 is 2.16 bits per heavy atom. The van der Waals surface area contributed by atoms with E-state index in [1.54, 1.807) is 6.92 Å². The third-order valence-electron chi connectivity index (χ3n) is 3.11. The summed E-state index contributed by atoms with van der Waals surface area (Å²) in [6.07, 6.45) is -1.90. The number of hydrogen-bond donors (Lipinski definition) is 1. The number of alkyl halides is 3. The molecule has 1 atom stereocenters. The van der Waals surface area contributed by atoms with Crippen LogP contribution in [-0.2, 0) is 6.18 Å². The number of hydrogen-bond acceptors (Lipinski definition) is 3.